The molecule has 2 aromatic carbocycles. The molecular formula is C25H23Cl2N3O3. The highest BCUT2D eigenvalue weighted by Crippen LogP contribution is 2.37. The van der Waals surface area contributed by atoms with Crippen LogP contribution < -0.4 is 0 Å². The van der Waals surface area contributed by atoms with Crippen molar-refractivity contribution >= 4 is 35.1 Å². The number of rotatable bonds is 4. The molecule has 1 aliphatic rings. The number of benzene rings is 2. The van der Waals surface area contributed by atoms with Crippen LogP contribution in [0.1, 0.15) is 43.9 Å². The molecule has 0 saturated carbocycles. The molecule has 0 aliphatic carbocycles. The van der Waals surface area contributed by atoms with Crippen molar-refractivity contribution in [2.75, 3.05) is 6.61 Å². The molecule has 4 rings (SSSR count). The van der Waals surface area contributed by atoms with E-state index in [9.17, 15) is 4.79 Å². The second-order valence-corrected chi connectivity index (χ2v) is 9.49. The van der Waals surface area contributed by atoms with E-state index >= 15 is 0 Å². The van der Waals surface area contributed by atoms with Gasteiger partial charge in [-0.3, -0.25) is 0 Å². The minimum atomic E-state index is -0.729. The normalized spacial score (nSPS) is 15.7. The number of esters is 1. The monoisotopic (exact) mass is 483 g/mol. The number of hydrogen-bond donors (Lipinski definition) is 0. The van der Waals surface area contributed by atoms with Crippen molar-refractivity contribution in [1.82, 2.24) is 9.97 Å². The topological polar surface area (TPSA) is 73.7 Å². The summed E-state index contributed by atoms with van der Waals surface area (Å²) in [7, 11) is 0. The summed E-state index contributed by atoms with van der Waals surface area (Å²) in [4.78, 5) is 27.3. The van der Waals surface area contributed by atoms with Crippen LogP contribution in [0.15, 0.2) is 53.5 Å². The van der Waals surface area contributed by atoms with E-state index < -0.39 is 11.6 Å². The Labute approximate surface area is 202 Å². The van der Waals surface area contributed by atoms with Gasteiger partial charge in [-0.05, 0) is 39.8 Å². The number of carbonyl (C=O) groups is 1. The highest BCUT2D eigenvalue weighted by molar-refractivity contribution is 6.34. The first-order valence-corrected chi connectivity index (χ1v) is 11.3. The summed E-state index contributed by atoms with van der Waals surface area (Å²) < 4.78 is 11.4. The van der Waals surface area contributed by atoms with Gasteiger partial charge in [0, 0.05) is 11.1 Å². The lowest BCUT2D eigenvalue weighted by atomic mass is 10.0. The first-order valence-electron chi connectivity index (χ1n) is 10.5. The van der Waals surface area contributed by atoms with Gasteiger partial charge < -0.3 is 9.47 Å². The van der Waals surface area contributed by atoms with E-state index in [1.807, 2.05) is 43.3 Å². The second kappa shape index (κ2) is 9.12. The van der Waals surface area contributed by atoms with Gasteiger partial charge in [0.15, 0.2) is 11.4 Å². The number of hydrogen-bond acceptors (Lipinski definition) is 6. The van der Waals surface area contributed by atoms with Gasteiger partial charge in [0.05, 0.1) is 27.5 Å². The Bertz CT molecular complexity index is 1250. The van der Waals surface area contributed by atoms with Crippen molar-refractivity contribution < 1.29 is 14.3 Å². The average molecular weight is 484 g/mol. The molecule has 1 aliphatic heterocycles. The van der Waals surface area contributed by atoms with Gasteiger partial charge in [-0.2, -0.15) is 0 Å². The van der Waals surface area contributed by atoms with Gasteiger partial charge >= 0.3 is 5.97 Å². The van der Waals surface area contributed by atoms with Gasteiger partial charge in [0.2, 0.25) is 5.90 Å². The van der Waals surface area contributed by atoms with Crippen LogP contribution in [-0.4, -0.2) is 40.1 Å². The van der Waals surface area contributed by atoms with E-state index in [2.05, 4.69) is 4.99 Å². The lowest BCUT2D eigenvalue weighted by Crippen LogP contribution is -2.27. The molecule has 0 amide bonds. The predicted octanol–water partition coefficient (Wildman–Crippen LogP) is 6.24. The molecule has 6 nitrogen and oxygen atoms in total. The molecule has 1 atom stereocenters. The van der Waals surface area contributed by atoms with Crippen molar-refractivity contribution in [2.24, 2.45) is 4.99 Å². The molecule has 1 unspecified atom stereocenters. The Balaban J connectivity index is 2.03. The maximum atomic E-state index is 13.2. The summed E-state index contributed by atoms with van der Waals surface area (Å²) in [6.07, 6.45) is 0. The SMILES string of the molecule is CC1COC(c2nc(-c3ccccc3Cl)c(-c3ccccc3Cl)nc2C(=O)OC(C)(C)C)=N1. The zero-order valence-electron chi connectivity index (χ0n) is 18.7. The Kier molecular flexibility index (Phi) is 6.41. The van der Waals surface area contributed by atoms with E-state index in [1.54, 1.807) is 32.9 Å². The summed E-state index contributed by atoms with van der Waals surface area (Å²) in [5.74, 6) is -0.385. The van der Waals surface area contributed by atoms with Gasteiger partial charge in [-0.25, -0.2) is 19.8 Å². The maximum Gasteiger partial charge on any atom is 0.359 e. The molecule has 0 radical (unpaired) electrons. The first-order chi connectivity index (χ1) is 15.6. The van der Waals surface area contributed by atoms with Crippen LogP contribution in [0.5, 0.6) is 0 Å². The fourth-order valence-electron chi connectivity index (χ4n) is 3.34. The molecule has 8 heteroatoms. The van der Waals surface area contributed by atoms with Crippen LogP contribution >= 0.6 is 23.2 Å². The largest absolute Gasteiger partial charge is 0.474 e. The van der Waals surface area contributed by atoms with Gasteiger partial charge in [-0.1, -0.05) is 59.6 Å². The zero-order chi connectivity index (χ0) is 23.8. The zero-order valence-corrected chi connectivity index (χ0v) is 20.2. The van der Waals surface area contributed by atoms with Crippen molar-refractivity contribution in [3.63, 3.8) is 0 Å². The number of aliphatic imine (C=N–C) groups is 1. The summed E-state index contributed by atoms with van der Waals surface area (Å²) in [5.41, 5.74) is 1.61. The molecule has 0 spiro atoms. The van der Waals surface area contributed by atoms with Gasteiger partial charge in [0.1, 0.15) is 12.2 Å². The number of aromatic nitrogens is 2. The summed E-state index contributed by atoms with van der Waals surface area (Å²) in [5, 5.41) is 0.949. The molecular weight excluding hydrogens is 461 g/mol. The van der Waals surface area contributed by atoms with E-state index in [-0.39, 0.29) is 23.3 Å². The third kappa shape index (κ3) is 5.02. The molecule has 0 saturated heterocycles. The second-order valence-electron chi connectivity index (χ2n) is 8.67. The van der Waals surface area contributed by atoms with Crippen molar-refractivity contribution in [2.45, 2.75) is 39.3 Å². The van der Waals surface area contributed by atoms with E-state index in [4.69, 9.17) is 42.6 Å². The summed E-state index contributed by atoms with van der Waals surface area (Å²) >= 11 is 13.0. The number of nitrogens with zero attached hydrogens (tertiary/aromatic N) is 3. The van der Waals surface area contributed by atoms with Crippen LogP contribution in [-0.2, 0) is 9.47 Å². The molecule has 2 heterocycles. The number of halogens is 2. The molecule has 0 bridgehead atoms. The van der Waals surface area contributed by atoms with Crippen LogP contribution in [0.25, 0.3) is 22.5 Å². The third-order valence-electron chi connectivity index (χ3n) is 4.75. The Morgan fingerprint density at radius 3 is 1.97 bits per heavy atom. The van der Waals surface area contributed by atoms with Crippen molar-refractivity contribution in [1.29, 1.82) is 0 Å². The maximum absolute atomic E-state index is 13.2. The standard InChI is InChI=1S/C25H23Cl2N3O3/c1-14-13-32-23(28-14)21-22(24(31)33-25(2,3)4)30-20(16-10-6-8-12-18(16)27)19(29-21)15-9-5-7-11-17(15)26/h5-12,14H,13H2,1-4H3. The fourth-order valence-corrected chi connectivity index (χ4v) is 3.79. The van der Waals surface area contributed by atoms with E-state index in [0.29, 0.717) is 39.2 Å². The molecule has 0 fully saturated rings. The highest BCUT2D eigenvalue weighted by Gasteiger charge is 2.31. The highest BCUT2D eigenvalue weighted by atomic mass is 35.5. The minimum absolute atomic E-state index is 0.00324. The number of ether oxygens (including phenoxy) is 2. The molecule has 1 aromatic heterocycles. The Morgan fingerprint density at radius 2 is 1.48 bits per heavy atom. The van der Waals surface area contributed by atoms with E-state index in [0.717, 1.165) is 0 Å². The van der Waals surface area contributed by atoms with Gasteiger partial charge in [-0.15, -0.1) is 0 Å². The lowest BCUT2D eigenvalue weighted by Gasteiger charge is -2.21. The molecule has 0 N–H and O–H groups in total. The van der Waals surface area contributed by atoms with Crippen LogP contribution in [0, 0.1) is 0 Å². The molecule has 3 aromatic rings. The molecule has 33 heavy (non-hydrogen) atoms. The minimum Gasteiger partial charge on any atom is -0.474 e. The molecule has 170 valence electrons. The smallest absolute Gasteiger partial charge is 0.359 e. The van der Waals surface area contributed by atoms with Crippen molar-refractivity contribution in [3.05, 3.63) is 70.0 Å². The first kappa shape index (κ1) is 23.2. The summed E-state index contributed by atoms with van der Waals surface area (Å²) in [6.45, 7) is 7.67. The average Bonchev–Trinajstić information content (AvgIpc) is 3.19. The van der Waals surface area contributed by atoms with Crippen molar-refractivity contribution in [3.8, 4) is 22.5 Å². The third-order valence-corrected chi connectivity index (χ3v) is 5.41. The summed E-state index contributed by atoms with van der Waals surface area (Å²) in [6, 6.07) is 14.4. The van der Waals surface area contributed by atoms with Gasteiger partial charge in [0.25, 0.3) is 0 Å². The van der Waals surface area contributed by atoms with Crippen LogP contribution in [0.4, 0.5) is 0 Å². The van der Waals surface area contributed by atoms with Crippen LogP contribution in [0.2, 0.25) is 10.0 Å². The quantitative estimate of drug-likeness (QED) is 0.410. The lowest BCUT2D eigenvalue weighted by molar-refractivity contribution is 0.00618. The Morgan fingerprint density at radius 1 is 0.939 bits per heavy atom. The van der Waals surface area contributed by atoms with Crippen LogP contribution in [0.3, 0.4) is 0 Å². The van der Waals surface area contributed by atoms with E-state index in [1.165, 1.54) is 0 Å². The fraction of sp³-hybridized carbons (Fsp3) is 0.280. The predicted molar refractivity (Wildman–Crippen MR) is 130 cm³/mol. The number of carbonyl (C=O) groups excluding carboxylic acids is 1. The Hall–Kier alpha value is -2.96.